The molecule has 0 spiro atoms. The molecule has 0 aliphatic rings. The van der Waals surface area contributed by atoms with E-state index in [0.29, 0.717) is 19.0 Å². The predicted octanol–water partition coefficient (Wildman–Crippen LogP) is 1.01. The van der Waals surface area contributed by atoms with Gasteiger partial charge in [-0.05, 0) is 13.8 Å². The van der Waals surface area contributed by atoms with Crippen molar-refractivity contribution in [2.24, 2.45) is 0 Å². The molecule has 0 bridgehead atoms. The molecule has 6 nitrogen and oxygen atoms in total. The van der Waals surface area contributed by atoms with E-state index in [4.69, 9.17) is 9.84 Å². The van der Waals surface area contributed by atoms with Crippen LogP contribution in [0.2, 0.25) is 0 Å². The first-order valence-electron chi connectivity index (χ1n) is 5.04. The lowest BCUT2D eigenvalue weighted by molar-refractivity contribution is 0.0690. The predicted molar refractivity (Wildman–Crippen MR) is 58.6 cm³/mol. The second-order valence-electron chi connectivity index (χ2n) is 3.24. The van der Waals surface area contributed by atoms with Gasteiger partial charge in [0.05, 0.1) is 18.5 Å². The van der Waals surface area contributed by atoms with Gasteiger partial charge in [-0.3, -0.25) is 4.98 Å². The fraction of sp³-hybridized carbons (Fsp3) is 0.500. The second kappa shape index (κ2) is 6.02. The summed E-state index contributed by atoms with van der Waals surface area (Å²) >= 11 is 0. The van der Waals surface area contributed by atoms with Crippen molar-refractivity contribution in [2.45, 2.75) is 20.0 Å². The lowest BCUT2D eigenvalue weighted by Crippen LogP contribution is -2.20. The number of carboxylic acid groups (broad SMARTS) is 1. The molecule has 0 saturated heterocycles. The molecule has 1 heterocycles. The van der Waals surface area contributed by atoms with Gasteiger partial charge in [0.15, 0.2) is 5.69 Å². The molecule has 0 aliphatic heterocycles. The molecule has 0 amide bonds. The Kier molecular flexibility index (Phi) is 4.65. The quantitative estimate of drug-likeness (QED) is 0.751. The first-order valence-corrected chi connectivity index (χ1v) is 5.04. The number of nitrogens with zero attached hydrogens (tertiary/aromatic N) is 2. The molecule has 0 saturated carbocycles. The third-order valence-electron chi connectivity index (χ3n) is 1.88. The molecule has 1 aromatic heterocycles. The molecule has 1 unspecified atom stereocenters. The molecular formula is C10H15N3O3. The van der Waals surface area contributed by atoms with Crippen LogP contribution in [0.1, 0.15) is 24.3 Å². The summed E-state index contributed by atoms with van der Waals surface area (Å²) in [5.41, 5.74) is -0.0749. The highest BCUT2D eigenvalue weighted by Crippen LogP contribution is 2.02. The molecule has 1 aromatic rings. The summed E-state index contributed by atoms with van der Waals surface area (Å²) in [6.45, 7) is 5.04. The number of ether oxygens (including phenoxy) is 1. The Morgan fingerprint density at radius 1 is 1.62 bits per heavy atom. The molecule has 1 rings (SSSR count). The molecule has 0 aliphatic carbocycles. The van der Waals surface area contributed by atoms with Gasteiger partial charge in [0.1, 0.15) is 5.82 Å². The van der Waals surface area contributed by atoms with Gasteiger partial charge in [-0.15, -0.1) is 0 Å². The van der Waals surface area contributed by atoms with Gasteiger partial charge < -0.3 is 15.2 Å². The highest BCUT2D eigenvalue weighted by molar-refractivity contribution is 5.85. The first kappa shape index (κ1) is 12.4. The topological polar surface area (TPSA) is 84.3 Å². The Labute approximate surface area is 93.7 Å². The zero-order chi connectivity index (χ0) is 12.0. The van der Waals surface area contributed by atoms with Crippen molar-refractivity contribution in [1.82, 2.24) is 9.97 Å². The minimum Gasteiger partial charge on any atom is -0.476 e. The Morgan fingerprint density at radius 2 is 2.38 bits per heavy atom. The molecule has 0 aromatic carbocycles. The van der Waals surface area contributed by atoms with Crippen LogP contribution in [0.4, 0.5) is 5.82 Å². The van der Waals surface area contributed by atoms with E-state index >= 15 is 0 Å². The maximum Gasteiger partial charge on any atom is 0.356 e. The maximum atomic E-state index is 10.6. The van der Waals surface area contributed by atoms with Crippen molar-refractivity contribution in [3.8, 4) is 0 Å². The maximum absolute atomic E-state index is 10.6. The normalized spacial score (nSPS) is 12.1. The van der Waals surface area contributed by atoms with Crippen LogP contribution in [0.25, 0.3) is 0 Å². The molecule has 16 heavy (non-hydrogen) atoms. The van der Waals surface area contributed by atoms with Crippen LogP contribution in [0, 0.1) is 0 Å². The molecule has 0 radical (unpaired) electrons. The Bertz CT molecular complexity index is 357. The van der Waals surface area contributed by atoms with E-state index in [1.165, 1.54) is 12.4 Å². The lowest BCUT2D eigenvalue weighted by atomic mass is 10.4. The lowest BCUT2D eigenvalue weighted by Gasteiger charge is -2.12. The summed E-state index contributed by atoms with van der Waals surface area (Å²) in [4.78, 5) is 18.3. The average Bonchev–Trinajstić information content (AvgIpc) is 2.27. The number of aromatic nitrogens is 2. The number of hydrogen-bond acceptors (Lipinski definition) is 5. The average molecular weight is 225 g/mol. The molecule has 2 N–H and O–H groups in total. The number of aromatic carboxylic acids is 1. The van der Waals surface area contributed by atoms with Crippen molar-refractivity contribution < 1.29 is 14.6 Å². The van der Waals surface area contributed by atoms with E-state index in [2.05, 4.69) is 15.3 Å². The Balaban J connectivity index is 2.54. The largest absolute Gasteiger partial charge is 0.476 e. The van der Waals surface area contributed by atoms with Crippen molar-refractivity contribution in [3.05, 3.63) is 18.1 Å². The van der Waals surface area contributed by atoms with Crippen LogP contribution in [0.15, 0.2) is 12.4 Å². The molecule has 0 fully saturated rings. The van der Waals surface area contributed by atoms with Crippen molar-refractivity contribution >= 4 is 11.8 Å². The summed E-state index contributed by atoms with van der Waals surface area (Å²) in [7, 11) is 0. The number of carboxylic acids is 1. The van der Waals surface area contributed by atoms with Crippen LogP contribution >= 0.6 is 0 Å². The fourth-order valence-corrected chi connectivity index (χ4v) is 1.15. The van der Waals surface area contributed by atoms with Crippen LogP contribution in [0.3, 0.4) is 0 Å². The SMILES string of the molecule is CCOC(C)CNc1cncc(C(=O)O)n1. The van der Waals surface area contributed by atoms with Crippen LogP contribution in [-0.4, -0.2) is 40.3 Å². The van der Waals surface area contributed by atoms with Crippen LogP contribution in [-0.2, 0) is 4.74 Å². The van der Waals surface area contributed by atoms with Crippen molar-refractivity contribution in [3.63, 3.8) is 0 Å². The fourth-order valence-electron chi connectivity index (χ4n) is 1.15. The van der Waals surface area contributed by atoms with E-state index in [1.807, 2.05) is 13.8 Å². The molecule has 88 valence electrons. The highest BCUT2D eigenvalue weighted by Gasteiger charge is 2.06. The molecule has 6 heteroatoms. The van der Waals surface area contributed by atoms with Crippen LogP contribution < -0.4 is 5.32 Å². The van der Waals surface area contributed by atoms with E-state index < -0.39 is 5.97 Å². The summed E-state index contributed by atoms with van der Waals surface area (Å²) < 4.78 is 5.31. The van der Waals surface area contributed by atoms with Gasteiger partial charge in [-0.25, -0.2) is 9.78 Å². The third kappa shape index (κ3) is 3.82. The first-order chi connectivity index (χ1) is 7.63. The molecular weight excluding hydrogens is 210 g/mol. The number of hydrogen-bond donors (Lipinski definition) is 2. The zero-order valence-corrected chi connectivity index (χ0v) is 9.30. The molecule has 1 atom stereocenters. The summed E-state index contributed by atoms with van der Waals surface area (Å²) in [6, 6.07) is 0. The standard InChI is InChI=1S/C10H15N3O3/c1-3-16-7(2)4-12-9-6-11-5-8(13-9)10(14)15/h5-7H,3-4H2,1-2H3,(H,12,13)(H,14,15). The van der Waals surface area contributed by atoms with Gasteiger partial charge in [-0.1, -0.05) is 0 Å². The Morgan fingerprint density at radius 3 is 3.00 bits per heavy atom. The summed E-state index contributed by atoms with van der Waals surface area (Å²) in [5, 5.41) is 11.7. The number of carbonyl (C=O) groups is 1. The zero-order valence-electron chi connectivity index (χ0n) is 9.30. The van der Waals surface area contributed by atoms with Gasteiger partial charge in [0, 0.05) is 13.2 Å². The number of anilines is 1. The van der Waals surface area contributed by atoms with Gasteiger partial charge in [0.25, 0.3) is 0 Å². The highest BCUT2D eigenvalue weighted by atomic mass is 16.5. The summed E-state index contributed by atoms with van der Waals surface area (Å²) in [6.07, 6.45) is 2.73. The minimum absolute atomic E-state index is 0.0419. The number of rotatable bonds is 6. The van der Waals surface area contributed by atoms with Crippen LogP contribution in [0.5, 0.6) is 0 Å². The van der Waals surface area contributed by atoms with E-state index in [1.54, 1.807) is 0 Å². The van der Waals surface area contributed by atoms with E-state index in [9.17, 15) is 4.79 Å². The van der Waals surface area contributed by atoms with Gasteiger partial charge >= 0.3 is 5.97 Å². The minimum atomic E-state index is -1.09. The van der Waals surface area contributed by atoms with E-state index in [-0.39, 0.29) is 11.8 Å². The third-order valence-corrected chi connectivity index (χ3v) is 1.88. The van der Waals surface area contributed by atoms with Crippen molar-refractivity contribution in [1.29, 1.82) is 0 Å². The van der Waals surface area contributed by atoms with E-state index in [0.717, 1.165) is 0 Å². The second-order valence-corrected chi connectivity index (χ2v) is 3.24. The van der Waals surface area contributed by atoms with Gasteiger partial charge in [-0.2, -0.15) is 0 Å². The number of nitrogens with one attached hydrogen (secondary N) is 1. The smallest absolute Gasteiger partial charge is 0.356 e. The van der Waals surface area contributed by atoms with Crippen molar-refractivity contribution in [2.75, 3.05) is 18.5 Å². The Hall–Kier alpha value is -1.69. The summed E-state index contributed by atoms with van der Waals surface area (Å²) in [5.74, 6) is -0.652. The monoisotopic (exact) mass is 225 g/mol. The van der Waals surface area contributed by atoms with Gasteiger partial charge in [0.2, 0.25) is 0 Å².